The third kappa shape index (κ3) is 6.63. The molecule has 126 valence electrons. The second-order valence-corrected chi connectivity index (χ2v) is 4.84. The van der Waals surface area contributed by atoms with Crippen LogP contribution in [0, 0.1) is 0 Å². The zero-order chi connectivity index (χ0) is 17.5. The molecular formula is C16H17F3O4. The monoisotopic (exact) mass is 330 g/mol. The third-order valence-electron chi connectivity index (χ3n) is 3.08. The molecule has 1 aromatic carbocycles. The minimum atomic E-state index is -4.45. The van der Waals surface area contributed by atoms with Gasteiger partial charge < -0.3 is 4.74 Å². The summed E-state index contributed by atoms with van der Waals surface area (Å²) in [6.07, 6.45) is -4.67. The largest absolute Gasteiger partial charge is 0.466 e. The second-order valence-electron chi connectivity index (χ2n) is 4.84. The Morgan fingerprint density at radius 2 is 1.52 bits per heavy atom. The molecule has 0 spiro atoms. The molecule has 0 N–H and O–H groups in total. The lowest BCUT2D eigenvalue weighted by atomic mass is 10.0. The molecule has 0 saturated heterocycles. The van der Waals surface area contributed by atoms with Crippen molar-refractivity contribution in [1.82, 2.24) is 0 Å². The van der Waals surface area contributed by atoms with E-state index in [2.05, 4.69) is 4.74 Å². The summed E-state index contributed by atoms with van der Waals surface area (Å²) in [5.74, 6) is -1.16. The maximum Gasteiger partial charge on any atom is 0.416 e. The van der Waals surface area contributed by atoms with E-state index in [0.29, 0.717) is 0 Å². The number of benzene rings is 1. The van der Waals surface area contributed by atoms with Crippen molar-refractivity contribution in [3.8, 4) is 0 Å². The highest BCUT2D eigenvalue weighted by Gasteiger charge is 2.30. The summed E-state index contributed by atoms with van der Waals surface area (Å²) in [7, 11) is 0. The van der Waals surface area contributed by atoms with E-state index in [-0.39, 0.29) is 43.6 Å². The van der Waals surface area contributed by atoms with Gasteiger partial charge in [0.2, 0.25) is 0 Å². The standard InChI is InChI=1S/C16H17F3O4/c1-2-23-15(22)10-8-13(20)7-9-14(21)11-3-5-12(6-4-11)16(17,18)19/h3-6H,2,7-10H2,1H3. The third-order valence-corrected chi connectivity index (χ3v) is 3.08. The molecule has 0 bridgehead atoms. The highest BCUT2D eigenvalue weighted by molar-refractivity contribution is 5.98. The van der Waals surface area contributed by atoms with Gasteiger partial charge in [0.05, 0.1) is 18.6 Å². The molecule has 0 aromatic heterocycles. The smallest absolute Gasteiger partial charge is 0.416 e. The fourth-order valence-corrected chi connectivity index (χ4v) is 1.84. The zero-order valence-corrected chi connectivity index (χ0v) is 12.6. The van der Waals surface area contributed by atoms with Crippen LogP contribution in [0.1, 0.15) is 48.5 Å². The van der Waals surface area contributed by atoms with Crippen molar-refractivity contribution in [2.75, 3.05) is 6.61 Å². The Balaban J connectivity index is 2.44. The van der Waals surface area contributed by atoms with Crippen LogP contribution in [-0.4, -0.2) is 24.1 Å². The normalized spacial score (nSPS) is 11.1. The van der Waals surface area contributed by atoms with Crippen molar-refractivity contribution < 1.29 is 32.3 Å². The molecule has 0 unspecified atom stereocenters. The number of alkyl halides is 3. The number of hydrogen-bond acceptors (Lipinski definition) is 4. The van der Waals surface area contributed by atoms with Crippen LogP contribution in [0.4, 0.5) is 13.2 Å². The van der Waals surface area contributed by atoms with Crippen molar-refractivity contribution in [1.29, 1.82) is 0 Å². The molecule has 1 rings (SSSR count). The molecule has 1 aromatic rings. The summed E-state index contributed by atoms with van der Waals surface area (Å²) in [6, 6.07) is 3.84. The number of rotatable bonds is 8. The molecule has 0 heterocycles. The van der Waals surface area contributed by atoms with Gasteiger partial charge in [-0.2, -0.15) is 13.2 Å². The van der Waals surface area contributed by atoms with E-state index in [1.54, 1.807) is 6.92 Å². The van der Waals surface area contributed by atoms with E-state index >= 15 is 0 Å². The van der Waals surface area contributed by atoms with Crippen LogP contribution in [0.5, 0.6) is 0 Å². The fraction of sp³-hybridized carbons (Fsp3) is 0.438. The first kappa shape index (κ1) is 18.9. The van der Waals surface area contributed by atoms with Crippen molar-refractivity contribution in [3.63, 3.8) is 0 Å². The van der Waals surface area contributed by atoms with Gasteiger partial charge in [0, 0.05) is 24.8 Å². The van der Waals surface area contributed by atoms with Crippen LogP contribution >= 0.6 is 0 Å². The molecule has 0 aliphatic heterocycles. The van der Waals surface area contributed by atoms with Gasteiger partial charge in [0.1, 0.15) is 5.78 Å². The SMILES string of the molecule is CCOC(=O)CCC(=O)CCC(=O)c1ccc(C(F)(F)F)cc1. The van der Waals surface area contributed by atoms with E-state index in [1.807, 2.05) is 0 Å². The molecular weight excluding hydrogens is 313 g/mol. The maximum atomic E-state index is 12.4. The molecule has 0 aliphatic carbocycles. The predicted octanol–water partition coefficient (Wildman–Crippen LogP) is 3.58. The van der Waals surface area contributed by atoms with Crippen molar-refractivity contribution in [2.24, 2.45) is 0 Å². The number of carbonyl (C=O) groups is 3. The van der Waals surface area contributed by atoms with Gasteiger partial charge in [0.15, 0.2) is 5.78 Å². The first-order valence-electron chi connectivity index (χ1n) is 7.11. The highest BCUT2D eigenvalue weighted by atomic mass is 19.4. The van der Waals surface area contributed by atoms with Gasteiger partial charge in [-0.05, 0) is 19.1 Å². The van der Waals surface area contributed by atoms with Gasteiger partial charge in [-0.15, -0.1) is 0 Å². The van der Waals surface area contributed by atoms with E-state index in [9.17, 15) is 27.6 Å². The molecule has 0 radical (unpaired) electrons. The number of Topliss-reactive ketones (excluding diaryl/α,β-unsaturated/α-hetero) is 2. The van der Waals surface area contributed by atoms with Gasteiger partial charge in [-0.1, -0.05) is 12.1 Å². The lowest BCUT2D eigenvalue weighted by molar-refractivity contribution is -0.144. The molecule has 0 amide bonds. The summed E-state index contributed by atoms with van der Waals surface area (Å²) < 4.78 is 41.9. The van der Waals surface area contributed by atoms with Crippen LogP contribution in [-0.2, 0) is 20.5 Å². The van der Waals surface area contributed by atoms with Crippen LogP contribution in [0.3, 0.4) is 0 Å². The first-order valence-corrected chi connectivity index (χ1v) is 7.11. The highest BCUT2D eigenvalue weighted by Crippen LogP contribution is 2.29. The molecule has 4 nitrogen and oxygen atoms in total. The average molecular weight is 330 g/mol. The van der Waals surface area contributed by atoms with Gasteiger partial charge in [-0.3, -0.25) is 14.4 Å². The minimum absolute atomic E-state index is 0.0148. The lowest BCUT2D eigenvalue weighted by Crippen LogP contribution is -2.10. The van der Waals surface area contributed by atoms with Crippen molar-refractivity contribution in [3.05, 3.63) is 35.4 Å². The summed E-state index contributed by atoms with van der Waals surface area (Å²) >= 11 is 0. The van der Waals surface area contributed by atoms with E-state index < -0.39 is 23.5 Å². The number of carbonyl (C=O) groups excluding carboxylic acids is 3. The molecule has 7 heteroatoms. The maximum absolute atomic E-state index is 12.4. The second kappa shape index (κ2) is 8.45. The number of hydrogen-bond donors (Lipinski definition) is 0. The molecule has 0 aliphatic rings. The van der Waals surface area contributed by atoms with E-state index in [0.717, 1.165) is 24.3 Å². The van der Waals surface area contributed by atoms with Crippen LogP contribution in [0.2, 0.25) is 0 Å². The summed E-state index contributed by atoms with van der Waals surface area (Å²) in [5.41, 5.74) is -0.712. The fourth-order valence-electron chi connectivity index (χ4n) is 1.84. The Morgan fingerprint density at radius 1 is 0.957 bits per heavy atom. The number of esters is 1. The number of halogens is 3. The quantitative estimate of drug-likeness (QED) is 0.540. The summed E-state index contributed by atoms with van der Waals surface area (Å²) in [4.78, 5) is 34.5. The van der Waals surface area contributed by atoms with E-state index in [4.69, 9.17) is 0 Å². The van der Waals surface area contributed by atoms with E-state index in [1.165, 1.54) is 0 Å². The van der Waals surface area contributed by atoms with Gasteiger partial charge in [0.25, 0.3) is 0 Å². The van der Waals surface area contributed by atoms with Gasteiger partial charge >= 0.3 is 12.1 Å². The van der Waals surface area contributed by atoms with Gasteiger partial charge in [-0.25, -0.2) is 0 Å². The Bertz CT molecular complexity index is 562. The zero-order valence-electron chi connectivity index (χ0n) is 12.6. The van der Waals surface area contributed by atoms with Crippen molar-refractivity contribution in [2.45, 2.75) is 38.8 Å². The van der Waals surface area contributed by atoms with Crippen LogP contribution in [0.15, 0.2) is 24.3 Å². The lowest BCUT2D eigenvalue weighted by Gasteiger charge is -2.07. The minimum Gasteiger partial charge on any atom is -0.466 e. The first-order chi connectivity index (χ1) is 10.7. The molecule has 0 atom stereocenters. The Labute approximate surface area is 131 Å². The molecule has 23 heavy (non-hydrogen) atoms. The van der Waals surface area contributed by atoms with Crippen LogP contribution in [0.25, 0.3) is 0 Å². The average Bonchev–Trinajstić information content (AvgIpc) is 2.50. The predicted molar refractivity (Wildman–Crippen MR) is 75.9 cm³/mol. The molecule has 0 fully saturated rings. The Morgan fingerprint density at radius 3 is 2.04 bits per heavy atom. The van der Waals surface area contributed by atoms with Crippen LogP contribution < -0.4 is 0 Å². The number of ether oxygens (including phenoxy) is 1. The summed E-state index contributed by atoms with van der Waals surface area (Å²) in [5, 5.41) is 0. The number of ketones is 2. The summed E-state index contributed by atoms with van der Waals surface area (Å²) in [6.45, 7) is 1.89. The Hall–Kier alpha value is -2.18. The molecule has 0 saturated carbocycles. The Kier molecular flexibility index (Phi) is 6.93. The topological polar surface area (TPSA) is 60.4 Å². The van der Waals surface area contributed by atoms with Crippen molar-refractivity contribution >= 4 is 17.5 Å².